The minimum atomic E-state index is -0.966. The van der Waals surface area contributed by atoms with Gasteiger partial charge in [-0.1, -0.05) is 17.7 Å². The number of carbonyl (C=O) groups is 1. The van der Waals surface area contributed by atoms with E-state index in [0.29, 0.717) is 10.6 Å². The van der Waals surface area contributed by atoms with Crippen molar-refractivity contribution < 1.29 is 18.3 Å². The van der Waals surface area contributed by atoms with Gasteiger partial charge in [0.2, 0.25) is 0 Å². The van der Waals surface area contributed by atoms with Crippen molar-refractivity contribution in [1.82, 2.24) is 0 Å². The minimum absolute atomic E-state index is 0.0133. The number of aryl methyl sites for hydroxylation is 1. The van der Waals surface area contributed by atoms with Crippen molar-refractivity contribution in [1.29, 1.82) is 0 Å². The highest BCUT2D eigenvalue weighted by molar-refractivity contribution is 6.31. The summed E-state index contributed by atoms with van der Waals surface area (Å²) < 4.78 is 32.5. The van der Waals surface area contributed by atoms with Gasteiger partial charge in [0.1, 0.15) is 17.4 Å². The lowest BCUT2D eigenvalue weighted by Crippen LogP contribution is -2.09. The Kier molecular flexibility index (Phi) is 4.04. The van der Waals surface area contributed by atoms with E-state index in [-0.39, 0.29) is 11.3 Å². The first-order valence-electron chi connectivity index (χ1n) is 5.78. The topological polar surface area (TPSA) is 26.3 Å². The number of halogens is 3. The van der Waals surface area contributed by atoms with Gasteiger partial charge in [-0.25, -0.2) is 8.78 Å². The zero-order chi connectivity index (χ0) is 14.9. The number of hydrogen-bond donors (Lipinski definition) is 0. The smallest absolute Gasteiger partial charge is 0.199 e. The molecule has 0 unspecified atom stereocenters. The fourth-order valence-corrected chi connectivity index (χ4v) is 2.03. The summed E-state index contributed by atoms with van der Waals surface area (Å²) in [6, 6.07) is 6.55. The molecule has 0 spiro atoms. The zero-order valence-electron chi connectivity index (χ0n) is 10.8. The first-order chi connectivity index (χ1) is 9.43. The largest absolute Gasteiger partial charge is 0.497 e. The maximum absolute atomic E-state index is 13.9. The van der Waals surface area contributed by atoms with Crippen LogP contribution in [-0.2, 0) is 0 Å². The average Bonchev–Trinajstić information content (AvgIpc) is 2.40. The van der Waals surface area contributed by atoms with Gasteiger partial charge in [0.05, 0.1) is 12.7 Å². The van der Waals surface area contributed by atoms with E-state index < -0.39 is 23.0 Å². The first kappa shape index (κ1) is 14.5. The molecule has 5 heteroatoms. The Balaban J connectivity index is 2.56. The Morgan fingerprint density at radius 3 is 2.30 bits per heavy atom. The van der Waals surface area contributed by atoms with E-state index in [0.717, 1.165) is 12.1 Å². The van der Waals surface area contributed by atoms with Crippen LogP contribution in [0.1, 0.15) is 21.5 Å². The lowest BCUT2D eigenvalue weighted by Gasteiger charge is -2.09. The van der Waals surface area contributed by atoms with Crippen molar-refractivity contribution >= 4 is 17.4 Å². The van der Waals surface area contributed by atoms with Gasteiger partial charge in [-0.2, -0.15) is 0 Å². The Morgan fingerprint density at radius 2 is 1.75 bits per heavy atom. The second-order valence-corrected chi connectivity index (χ2v) is 4.69. The van der Waals surface area contributed by atoms with Crippen molar-refractivity contribution in [3.63, 3.8) is 0 Å². The van der Waals surface area contributed by atoms with Crippen LogP contribution in [0.5, 0.6) is 5.75 Å². The van der Waals surface area contributed by atoms with E-state index in [1.165, 1.54) is 13.2 Å². The SMILES string of the molecule is COc1cc(F)c(C(=O)c2cc(Cl)ccc2C)c(F)c1. The summed E-state index contributed by atoms with van der Waals surface area (Å²) in [5.74, 6) is -2.67. The van der Waals surface area contributed by atoms with Crippen molar-refractivity contribution in [3.05, 3.63) is 63.7 Å². The van der Waals surface area contributed by atoms with Crippen LogP contribution >= 0.6 is 11.6 Å². The lowest BCUT2D eigenvalue weighted by atomic mass is 9.98. The molecule has 0 amide bonds. The van der Waals surface area contributed by atoms with Crippen LogP contribution in [0.4, 0.5) is 8.78 Å². The van der Waals surface area contributed by atoms with Gasteiger partial charge < -0.3 is 4.74 Å². The number of methoxy groups -OCH3 is 1. The van der Waals surface area contributed by atoms with Crippen LogP contribution in [-0.4, -0.2) is 12.9 Å². The second kappa shape index (κ2) is 5.59. The summed E-state index contributed by atoms with van der Waals surface area (Å²) in [5.41, 5.74) is 0.144. The molecule has 0 fully saturated rings. The molecule has 0 N–H and O–H groups in total. The normalized spacial score (nSPS) is 10.4. The van der Waals surface area contributed by atoms with E-state index in [4.69, 9.17) is 16.3 Å². The van der Waals surface area contributed by atoms with Crippen LogP contribution in [0.15, 0.2) is 30.3 Å². The number of benzene rings is 2. The molecule has 0 aliphatic carbocycles. The third-order valence-electron chi connectivity index (χ3n) is 2.92. The van der Waals surface area contributed by atoms with E-state index in [9.17, 15) is 13.6 Å². The molecule has 0 saturated carbocycles. The van der Waals surface area contributed by atoms with Crippen molar-refractivity contribution in [2.75, 3.05) is 7.11 Å². The van der Waals surface area contributed by atoms with Crippen LogP contribution < -0.4 is 4.74 Å². The number of ether oxygens (including phenoxy) is 1. The van der Waals surface area contributed by atoms with Crippen LogP contribution in [0.25, 0.3) is 0 Å². The molecular formula is C15H11ClF2O2. The molecular weight excluding hydrogens is 286 g/mol. The molecule has 0 heterocycles. The van der Waals surface area contributed by atoms with E-state index in [1.54, 1.807) is 19.1 Å². The molecule has 0 aliphatic heterocycles. The van der Waals surface area contributed by atoms with Gasteiger partial charge in [0.25, 0.3) is 0 Å². The monoisotopic (exact) mass is 296 g/mol. The molecule has 0 aromatic heterocycles. The molecule has 0 saturated heterocycles. The van der Waals surface area contributed by atoms with Gasteiger partial charge in [-0.05, 0) is 24.6 Å². The van der Waals surface area contributed by atoms with Crippen LogP contribution in [0, 0.1) is 18.6 Å². The van der Waals surface area contributed by atoms with Crippen LogP contribution in [0.2, 0.25) is 5.02 Å². The van der Waals surface area contributed by atoms with Gasteiger partial charge in [-0.3, -0.25) is 4.79 Å². The summed E-state index contributed by atoms with van der Waals surface area (Å²) in [4.78, 5) is 12.3. The summed E-state index contributed by atoms with van der Waals surface area (Å²) in [5, 5.41) is 0.327. The molecule has 2 rings (SSSR count). The quantitative estimate of drug-likeness (QED) is 0.795. The third-order valence-corrected chi connectivity index (χ3v) is 3.16. The predicted octanol–water partition coefficient (Wildman–Crippen LogP) is 4.17. The Bertz CT molecular complexity index is 661. The van der Waals surface area contributed by atoms with Gasteiger partial charge in [-0.15, -0.1) is 0 Å². The number of rotatable bonds is 3. The summed E-state index contributed by atoms with van der Waals surface area (Å²) in [7, 11) is 1.29. The van der Waals surface area contributed by atoms with E-state index >= 15 is 0 Å². The summed E-state index contributed by atoms with van der Waals surface area (Å²) >= 11 is 5.82. The fraction of sp³-hybridized carbons (Fsp3) is 0.133. The molecule has 20 heavy (non-hydrogen) atoms. The van der Waals surface area contributed by atoms with Gasteiger partial charge in [0, 0.05) is 22.7 Å². The highest BCUT2D eigenvalue weighted by Crippen LogP contribution is 2.25. The van der Waals surface area contributed by atoms with E-state index in [2.05, 4.69) is 0 Å². The average molecular weight is 297 g/mol. The third kappa shape index (κ3) is 2.65. The molecule has 0 atom stereocenters. The molecule has 0 bridgehead atoms. The molecule has 2 aromatic rings. The summed E-state index contributed by atoms with van der Waals surface area (Å²) in [6.45, 7) is 1.67. The number of carbonyl (C=O) groups excluding carboxylic acids is 1. The fourth-order valence-electron chi connectivity index (χ4n) is 1.86. The Hall–Kier alpha value is -1.94. The Labute approximate surface area is 119 Å². The highest BCUT2D eigenvalue weighted by atomic mass is 35.5. The van der Waals surface area contributed by atoms with Crippen LogP contribution in [0.3, 0.4) is 0 Å². The number of ketones is 1. The van der Waals surface area contributed by atoms with E-state index in [1.807, 2.05) is 0 Å². The number of hydrogen-bond acceptors (Lipinski definition) is 2. The first-order valence-corrected chi connectivity index (χ1v) is 6.15. The molecule has 0 aliphatic rings. The predicted molar refractivity (Wildman–Crippen MR) is 72.5 cm³/mol. The standard InChI is InChI=1S/C15H11ClF2O2/c1-8-3-4-9(16)5-11(8)15(19)14-12(17)6-10(20-2)7-13(14)18/h3-7H,1-2H3. The molecule has 104 valence electrons. The summed E-state index contributed by atoms with van der Waals surface area (Å²) in [6.07, 6.45) is 0. The maximum Gasteiger partial charge on any atom is 0.199 e. The maximum atomic E-state index is 13.9. The minimum Gasteiger partial charge on any atom is -0.497 e. The Morgan fingerprint density at radius 1 is 1.15 bits per heavy atom. The zero-order valence-corrected chi connectivity index (χ0v) is 11.6. The van der Waals surface area contributed by atoms with Crippen molar-refractivity contribution in [3.8, 4) is 5.75 Å². The second-order valence-electron chi connectivity index (χ2n) is 4.25. The van der Waals surface area contributed by atoms with Crippen molar-refractivity contribution in [2.24, 2.45) is 0 Å². The van der Waals surface area contributed by atoms with Gasteiger partial charge in [0.15, 0.2) is 5.78 Å². The molecule has 0 radical (unpaired) electrons. The lowest BCUT2D eigenvalue weighted by molar-refractivity contribution is 0.103. The molecule has 2 nitrogen and oxygen atoms in total. The van der Waals surface area contributed by atoms with Gasteiger partial charge >= 0.3 is 0 Å². The van der Waals surface area contributed by atoms with Crippen molar-refractivity contribution in [2.45, 2.75) is 6.92 Å². The highest BCUT2D eigenvalue weighted by Gasteiger charge is 2.22. The molecule has 2 aromatic carbocycles.